The number of fused-ring (bicyclic) bond motifs is 1. The summed E-state index contributed by atoms with van der Waals surface area (Å²) in [6, 6.07) is 12.0. The maximum Gasteiger partial charge on any atom is 0.251 e. The molecule has 0 spiro atoms. The average Bonchev–Trinajstić information content (AvgIpc) is 3.51. The van der Waals surface area contributed by atoms with Crippen LogP contribution in [0.2, 0.25) is 0 Å². The second-order valence-corrected chi connectivity index (χ2v) is 9.03. The van der Waals surface area contributed by atoms with Gasteiger partial charge in [-0.2, -0.15) is 9.61 Å². The van der Waals surface area contributed by atoms with E-state index < -0.39 is 6.10 Å². The van der Waals surface area contributed by atoms with Gasteiger partial charge in [0.1, 0.15) is 11.9 Å². The Hall–Kier alpha value is -3.98. The van der Waals surface area contributed by atoms with Crippen molar-refractivity contribution < 1.29 is 14.7 Å². The molecule has 0 unspecified atom stereocenters. The van der Waals surface area contributed by atoms with Gasteiger partial charge in [-0.1, -0.05) is 18.2 Å². The number of piperidine rings is 1. The molecule has 1 aromatic carbocycles. The lowest BCUT2D eigenvalue weighted by molar-refractivity contribution is -0.140. The van der Waals surface area contributed by atoms with Gasteiger partial charge in [0.05, 0.1) is 17.5 Å². The zero-order valence-corrected chi connectivity index (χ0v) is 19.8. The summed E-state index contributed by atoms with van der Waals surface area (Å²) in [5.74, 6) is -0.203. The van der Waals surface area contributed by atoms with E-state index in [1.54, 1.807) is 11.1 Å². The van der Waals surface area contributed by atoms with Gasteiger partial charge >= 0.3 is 0 Å². The van der Waals surface area contributed by atoms with Crippen LogP contribution in [0.5, 0.6) is 0 Å². The number of amides is 1. The fraction of sp³-hybridized carbons (Fsp3) is 0.308. The molecule has 1 atom stereocenters. The molecular weight excluding hydrogens is 444 g/mol. The Morgan fingerprint density at radius 2 is 1.86 bits per heavy atom. The first-order valence-corrected chi connectivity index (χ1v) is 11.7. The Balaban J connectivity index is 1.54. The number of benzene rings is 1. The van der Waals surface area contributed by atoms with E-state index in [1.165, 1.54) is 18.4 Å². The number of carbonyl (C=O) groups is 2. The number of ketones is 1. The minimum absolute atomic E-state index is 0.0316. The highest BCUT2D eigenvalue weighted by Gasteiger charge is 2.31. The summed E-state index contributed by atoms with van der Waals surface area (Å²) in [5.41, 5.74) is 10.9. The van der Waals surface area contributed by atoms with Crippen LogP contribution in [0, 0.1) is 0 Å². The third kappa shape index (κ3) is 4.08. The monoisotopic (exact) mass is 472 g/mol. The second kappa shape index (κ2) is 8.99. The Bertz CT molecular complexity index is 1400. The van der Waals surface area contributed by atoms with Gasteiger partial charge in [0.15, 0.2) is 11.4 Å². The molecule has 180 valence electrons. The molecule has 1 saturated heterocycles. The fourth-order valence-corrected chi connectivity index (χ4v) is 4.85. The number of para-hydroxylation sites is 1. The number of anilines is 1. The SMILES string of the molecule is CC(=O)c1c(C2CCN(C(=O)[C@@H](C)O)CC2)nc2c(-c3ccn(-c4ccccc4)c3)cnn2c1N. The molecule has 35 heavy (non-hydrogen) atoms. The number of aliphatic hydroxyl groups is 1. The first-order chi connectivity index (χ1) is 16.8. The molecule has 1 aliphatic rings. The lowest BCUT2D eigenvalue weighted by Crippen LogP contribution is -2.42. The van der Waals surface area contributed by atoms with Crippen molar-refractivity contribution in [3.05, 3.63) is 66.2 Å². The molecule has 0 saturated carbocycles. The van der Waals surface area contributed by atoms with Crippen LogP contribution in [0.15, 0.2) is 55.0 Å². The molecule has 4 aromatic rings. The number of rotatable bonds is 5. The van der Waals surface area contributed by atoms with E-state index in [9.17, 15) is 14.7 Å². The summed E-state index contributed by atoms with van der Waals surface area (Å²) < 4.78 is 3.56. The molecule has 1 aliphatic heterocycles. The van der Waals surface area contributed by atoms with Gasteiger partial charge in [-0.25, -0.2) is 4.98 Å². The van der Waals surface area contributed by atoms with Crippen molar-refractivity contribution in [2.24, 2.45) is 0 Å². The number of aromatic nitrogens is 4. The van der Waals surface area contributed by atoms with Crippen LogP contribution in [0.3, 0.4) is 0 Å². The molecule has 3 N–H and O–H groups in total. The van der Waals surface area contributed by atoms with E-state index in [1.807, 2.05) is 53.4 Å². The number of hydrogen-bond donors (Lipinski definition) is 2. The normalized spacial score (nSPS) is 15.5. The van der Waals surface area contributed by atoms with E-state index in [4.69, 9.17) is 10.7 Å². The van der Waals surface area contributed by atoms with Crippen molar-refractivity contribution in [1.29, 1.82) is 0 Å². The maximum absolute atomic E-state index is 12.6. The highest BCUT2D eigenvalue weighted by atomic mass is 16.3. The molecule has 0 radical (unpaired) electrons. The molecule has 9 heteroatoms. The van der Waals surface area contributed by atoms with E-state index in [0.29, 0.717) is 42.8 Å². The Morgan fingerprint density at radius 3 is 2.51 bits per heavy atom. The van der Waals surface area contributed by atoms with Crippen molar-refractivity contribution in [3.8, 4) is 16.8 Å². The van der Waals surface area contributed by atoms with Crippen LogP contribution >= 0.6 is 0 Å². The Morgan fingerprint density at radius 1 is 1.14 bits per heavy atom. The number of nitrogens with zero attached hydrogens (tertiary/aromatic N) is 5. The predicted octanol–water partition coefficient (Wildman–Crippen LogP) is 3.06. The summed E-state index contributed by atoms with van der Waals surface area (Å²) in [5, 5.41) is 14.1. The van der Waals surface area contributed by atoms with Gasteiger partial charge in [-0.3, -0.25) is 9.59 Å². The van der Waals surface area contributed by atoms with Crippen LogP contribution < -0.4 is 5.73 Å². The summed E-state index contributed by atoms with van der Waals surface area (Å²) in [6.45, 7) is 3.94. The van der Waals surface area contributed by atoms with Gasteiger partial charge < -0.3 is 20.3 Å². The summed E-state index contributed by atoms with van der Waals surface area (Å²) in [7, 11) is 0. The minimum Gasteiger partial charge on any atom is -0.384 e. The molecule has 0 aliphatic carbocycles. The Labute approximate surface area is 202 Å². The van der Waals surface area contributed by atoms with Crippen LogP contribution in [-0.2, 0) is 4.79 Å². The van der Waals surface area contributed by atoms with Crippen molar-refractivity contribution in [3.63, 3.8) is 0 Å². The number of likely N-dealkylation sites (tertiary alicyclic amines) is 1. The van der Waals surface area contributed by atoms with Crippen molar-refractivity contribution in [2.45, 2.75) is 38.7 Å². The van der Waals surface area contributed by atoms with Crippen LogP contribution in [0.4, 0.5) is 5.82 Å². The first-order valence-electron chi connectivity index (χ1n) is 11.7. The van der Waals surface area contributed by atoms with Crippen LogP contribution in [0.1, 0.15) is 48.7 Å². The van der Waals surface area contributed by atoms with Gasteiger partial charge in [0.25, 0.3) is 5.91 Å². The number of hydrogen-bond acceptors (Lipinski definition) is 6. The van der Waals surface area contributed by atoms with E-state index >= 15 is 0 Å². The second-order valence-electron chi connectivity index (χ2n) is 9.03. The lowest BCUT2D eigenvalue weighted by Gasteiger charge is -2.33. The molecule has 5 rings (SSSR count). The van der Waals surface area contributed by atoms with Gasteiger partial charge in [-0.15, -0.1) is 0 Å². The fourth-order valence-electron chi connectivity index (χ4n) is 4.85. The molecule has 4 heterocycles. The highest BCUT2D eigenvalue weighted by Crippen LogP contribution is 2.35. The molecule has 1 fully saturated rings. The van der Waals surface area contributed by atoms with Crippen LogP contribution in [-0.4, -0.2) is 60.1 Å². The lowest BCUT2D eigenvalue weighted by atomic mass is 9.89. The minimum atomic E-state index is -1.03. The maximum atomic E-state index is 12.6. The zero-order valence-electron chi connectivity index (χ0n) is 19.8. The molecule has 3 aromatic heterocycles. The first kappa shape index (κ1) is 22.8. The van der Waals surface area contributed by atoms with Gasteiger partial charge in [0.2, 0.25) is 0 Å². The predicted molar refractivity (Wildman–Crippen MR) is 132 cm³/mol. The largest absolute Gasteiger partial charge is 0.384 e. The van der Waals surface area contributed by atoms with E-state index in [-0.39, 0.29) is 23.4 Å². The number of nitrogen functional groups attached to an aromatic ring is 1. The standard InChI is InChI=1S/C26H28N6O3/c1-16(33)22-23(18-8-11-30(12-9-18)26(35)17(2)34)29-25-21(14-28-32(25)24(22)27)19-10-13-31(15-19)20-6-4-3-5-7-20/h3-7,10,13-15,17-18,34H,8-9,11-12,27H2,1-2H3/t17-/m1/s1. The third-order valence-electron chi connectivity index (χ3n) is 6.67. The van der Waals surface area contributed by atoms with Crippen molar-refractivity contribution in [2.75, 3.05) is 18.8 Å². The molecule has 9 nitrogen and oxygen atoms in total. The Kier molecular flexibility index (Phi) is 5.86. The highest BCUT2D eigenvalue weighted by molar-refractivity contribution is 6.00. The molecular formula is C26H28N6O3. The summed E-state index contributed by atoms with van der Waals surface area (Å²) in [4.78, 5) is 31.4. The van der Waals surface area contributed by atoms with E-state index in [2.05, 4.69) is 5.10 Å². The van der Waals surface area contributed by atoms with E-state index in [0.717, 1.165) is 16.8 Å². The number of carbonyl (C=O) groups excluding carboxylic acids is 2. The summed E-state index contributed by atoms with van der Waals surface area (Å²) in [6.07, 6.45) is 5.97. The van der Waals surface area contributed by atoms with Gasteiger partial charge in [0, 0.05) is 48.2 Å². The van der Waals surface area contributed by atoms with Crippen molar-refractivity contribution >= 4 is 23.2 Å². The molecule has 0 bridgehead atoms. The topological polar surface area (TPSA) is 119 Å². The van der Waals surface area contributed by atoms with Crippen LogP contribution in [0.25, 0.3) is 22.5 Å². The summed E-state index contributed by atoms with van der Waals surface area (Å²) >= 11 is 0. The van der Waals surface area contributed by atoms with Crippen molar-refractivity contribution in [1.82, 2.24) is 24.1 Å². The average molecular weight is 473 g/mol. The quantitative estimate of drug-likeness (QED) is 0.431. The smallest absolute Gasteiger partial charge is 0.251 e. The number of Topliss-reactive ketones (excluding diaryl/α,β-unsaturated/α-hetero) is 1. The number of nitrogens with two attached hydrogens (primary N) is 1. The third-order valence-corrected chi connectivity index (χ3v) is 6.67. The number of aliphatic hydroxyl groups excluding tert-OH is 1. The van der Waals surface area contributed by atoms with Gasteiger partial charge in [-0.05, 0) is 44.9 Å². The zero-order chi connectivity index (χ0) is 24.7. The molecule has 1 amide bonds.